The highest BCUT2D eigenvalue weighted by atomic mass is 15.2. The van der Waals surface area contributed by atoms with Gasteiger partial charge in [-0.1, -0.05) is 224 Å². The van der Waals surface area contributed by atoms with Gasteiger partial charge in [0.25, 0.3) is 0 Å². The van der Waals surface area contributed by atoms with E-state index in [1.807, 2.05) is 54.7 Å². The Balaban J connectivity index is 0.938. The molecule has 0 fully saturated rings. The topological polar surface area (TPSA) is 51.8 Å². The maximum Gasteiger partial charge on any atom is 0.162 e. The normalized spacial score (nSPS) is 13.2. The zero-order valence-corrected chi connectivity index (χ0v) is 37.2. The van der Waals surface area contributed by atoms with Gasteiger partial charge in [0.2, 0.25) is 0 Å². The van der Waals surface area contributed by atoms with Crippen molar-refractivity contribution in [2.75, 3.05) is 4.90 Å². The van der Waals surface area contributed by atoms with Gasteiger partial charge in [0.15, 0.2) is 11.7 Å². The average molecular weight is 869 g/mol. The van der Waals surface area contributed by atoms with Gasteiger partial charge in [-0.05, 0) is 103 Å². The first-order valence-electron chi connectivity index (χ1n) is 23.1. The van der Waals surface area contributed by atoms with E-state index in [1.54, 1.807) is 0 Å². The SMILES string of the molecule is N=C(N=C(N=Cc1ccc(-c2ccccc2)cc1)c1ccccc1-c1ccc(-c2ccc3c(c2)C2(c4ccccc4-3)c3ccccc3N(c3ccccc3)c3ccccc32)cc1)c1ccccc1. The lowest BCUT2D eigenvalue weighted by atomic mass is 9.64. The number of fused-ring (bicyclic) bond motifs is 9. The molecule has 0 atom stereocenters. The van der Waals surface area contributed by atoms with Crippen LogP contribution in [-0.2, 0) is 5.41 Å². The molecule has 0 bridgehead atoms. The van der Waals surface area contributed by atoms with E-state index < -0.39 is 5.41 Å². The average Bonchev–Trinajstić information content (AvgIpc) is 3.70. The highest BCUT2D eigenvalue weighted by Gasteiger charge is 2.51. The summed E-state index contributed by atoms with van der Waals surface area (Å²) < 4.78 is 0. The zero-order chi connectivity index (χ0) is 45.4. The molecule has 1 heterocycles. The number of amidine groups is 2. The summed E-state index contributed by atoms with van der Waals surface area (Å²) in [7, 11) is 0. The third-order valence-corrected chi connectivity index (χ3v) is 13.5. The van der Waals surface area contributed by atoms with Crippen LogP contribution in [0.25, 0.3) is 44.5 Å². The maximum absolute atomic E-state index is 9.05. The molecule has 2 aliphatic rings. The summed E-state index contributed by atoms with van der Waals surface area (Å²) in [6.45, 7) is 0. The van der Waals surface area contributed by atoms with Gasteiger partial charge in [0.05, 0.1) is 16.8 Å². The molecule has 1 N–H and O–H groups in total. The quantitative estimate of drug-likeness (QED) is 0.126. The first-order chi connectivity index (χ1) is 33.6. The first kappa shape index (κ1) is 40.5. The van der Waals surface area contributed by atoms with E-state index in [9.17, 15) is 0 Å². The first-order valence-corrected chi connectivity index (χ1v) is 23.1. The minimum absolute atomic E-state index is 0.148. The molecule has 12 rings (SSSR count). The lowest BCUT2D eigenvalue weighted by Gasteiger charge is -2.45. The molecular weight excluding hydrogens is 825 g/mol. The number of para-hydroxylation sites is 3. The Morgan fingerprint density at radius 2 is 0.882 bits per heavy atom. The number of rotatable bonds is 7. The van der Waals surface area contributed by atoms with Crippen LogP contribution in [0.2, 0.25) is 0 Å². The summed E-state index contributed by atoms with van der Waals surface area (Å²) in [5, 5.41) is 9.05. The Hall–Kier alpha value is -8.99. The van der Waals surface area contributed by atoms with Crippen LogP contribution in [0.3, 0.4) is 0 Å². The van der Waals surface area contributed by atoms with E-state index in [0.717, 1.165) is 55.8 Å². The Bertz CT molecular complexity index is 3510. The third kappa shape index (κ3) is 6.90. The molecule has 4 heteroatoms. The Morgan fingerprint density at radius 3 is 1.57 bits per heavy atom. The van der Waals surface area contributed by atoms with Gasteiger partial charge in [-0.2, -0.15) is 0 Å². The molecular formula is C64H44N4. The third-order valence-electron chi connectivity index (χ3n) is 13.5. The number of benzene rings is 10. The fourth-order valence-electron chi connectivity index (χ4n) is 10.4. The van der Waals surface area contributed by atoms with Crippen LogP contribution in [0.5, 0.6) is 0 Å². The molecule has 0 radical (unpaired) electrons. The predicted octanol–water partition coefficient (Wildman–Crippen LogP) is 15.7. The number of anilines is 3. The Morgan fingerprint density at radius 1 is 0.397 bits per heavy atom. The largest absolute Gasteiger partial charge is 0.310 e. The fraction of sp³-hybridized carbons (Fsp3) is 0.0156. The van der Waals surface area contributed by atoms with E-state index in [1.165, 1.54) is 44.8 Å². The molecule has 1 aliphatic carbocycles. The summed E-state index contributed by atoms with van der Waals surface area (Å²) in [5.41, 5.74) is 19.7. The Kier molecular flexibility index (Phi) is 10.2. The number of nitrogens with one attached hydrogen (secondary N) is 1. The van der Waals surface area contributed by atoms with Gasteiger partial charge in [-0.3, -0.25) is 5.41 Å². The van der Waals surface area contributed by atoms with Crippen molar-refractivity contribution >= 4 is 34.9 Å². The highest BCUT2D eigenvalue weighted by Crippen LogP contribution is 2.63. The van der Waals surface area contributed by atoms with Gasteiger partial charge in [0, 0.05) is 23.0 Å². The van der Waals surface area contributed by atoms with Crippen LogP contribution in [0.1, 0.15) is 38.9 Å². The smallest absolute Gasteiger partial charge is 0.162 e. The van der Waals surface area contributed by atoms with E-state index in [2.05, 4.69) is 211 Å². The van der Waals surface area contributed by atoms with Crippen molar-refractivity contribution in [1.29, 1.82) is 5.41 Å². The van der Waals surface area contributed by atoms with E-state index in [0.29, 0.717) is 5.84 Å². The summed E-state index contributed by atoms with van der Waals surface area (Å²) in [4.78, 5) is 12.3. The molecule has 0 saturated heterocycles. The molecule has 4 nitrogen and oxygen atoms in total. The summed E-state index contributed by atoms with van der Waals surface area (Å²) in [6, 6.07) is 90.0. The van der Waals surface area contributed by atoms with Gasteiger partial charge in [0.1, 0.15) is 0 Å². The van der Waals surface area contributed by atoms with Gasteiger partial charge >= 0.3 is 0 Å². The summed E-state index contributed by atoms with van der Waals surface area (Å²) >= 11 is 0. The second kappa shape index (κ2) is 17.1. The number of hydrogen-bond donors (Lipinski definition) is 1. The minimum Gasteiger partial charge on any atom is -0.310 e. The van der Waals surface area contributed by atoms with Crippen LogP contribution in [0, 0.1) is 5.41 Å². The van der Waals surface area contributed by atoms with Crippen molar-refractivity contribution in [3.8, 4) is 44.5 Å². The van der Waals surface area contributed by atoms with Crippen molar-refractivity contribution in [2.24, 2.45) is 9.98 Å². The lowest BCUT2D eigenvalue weighted by molar-refractivity contribution is 0.753. The molecule has 10 aromatic rings. The summed E-state index contributed by atoms with van der Waals surface area (Å²) in [5.74, 6) is 0.614. The minimum atomic E-state index is -0.535. The zero-order valence-electron chi connectivity index (χ0n) is 37.2. The highest BCUT2D eigenvalue weighted by molar-refractivity contribution is 6.15. The van der Waals surface area contributed by atoms with Gasteiger partial charge in [-0.25, -0.2) is 9.98 Å². The van der Waals surface area contributed by atoms with Gasteiger partial charge in [-0.15, -0.1) is 0 Å². The molecule has 320 valence electrons. The van der Waals surface area contributed by atoms with Gasteiger partial charge < -0.3 is 4.90 Å². The molecule has 68 heavy (non-hydrogen) atoms. The second-order valence-corrected chi connectivity index (χ2v) is 17.3. The van der Waals surface area contributed by atoms with Crippen LogP contribution in [0.15, 0.2) is 265 Å². The molecule has 0 unspecified atom stereocenters. The van der Waals surface area contributed by atoms with Crippen molar-refractivity contribution in [2.45, 2.75) is 5.41 Å². The van der Waals surface area contributed by atoms with Crippen molar-refractivity contribution < 1.29 is 0 Å². The van der Waals surface area contributed by atoms with Crippen LogP contribution < -0.4 is 4.90 Å². The lowest BCUT2D eigenvalue weighted by Crippen LogP contribution is -2.36. The number of hydrogen-bond acceptors (Lipinski definition) is 2. The van der Waals surface area contributed by atoms with E-state index >= 15 is 0 Å². The van der Waals surface area contributed by atoms with Crippen LogP contribution in [-0.4, -0.2) is 17.9 Å². The monoisotopic (exact) mass is 868 g/mol. The maximum atomic E-state index is 9.05. The second-order valence-electron chi connectivity index (χ2n) is 17.3. The fourth-order valence-corrected chi connectivity index (χ4v) is 10.4. The van der Waals surface area contributed by atoms with Crippen molar-refractivity contribution in [1.82, 2.24) is 0 Å². The number of aliphatic imine (C=N–C) groups is 2. The molecule has 1 aliphatic heterocycles. The van der Waals surface area contributed by atoms with Crippen molar-refractivity contribution in [3.05, 3.63) is 294 Å². The molecule has 0 amide bonds. The molecule has 1 spiro atoms. The predicted molar refractivity (Wildman–Crippen MR) is 282 cm³/mol. The molecule has 0 aromatic heterocycles. The standard InChI is InChI=1S/C64H44N4/c65-62(49-20-6-2-7-21-49)67-63(66-43-44-32-34-46(35-33-44)45-18-4-1-5-19-45)55-26-11-10-24-52(55)48-38-36-47(37-39-48)50-40-41-54-53-25-12-13-27-56(53)64(59(54)42-50)57-28-14-16-30-60(57)68(51-22-8-3-9-23-51)61-31-17-15-29-58(61)64/h1-43,65H. The van der Waals surface area contributed by atoms with Crippen LogP contribution >= 0.6 is 0 Å². The number of nitrogens with zero attached hydrogens (tertiary/aromatic N) is 3. The van der Waals surface area contributed by atoms with Crippen molar-refractivity contribution in [3.63, 3.8) is 0 Å². The molecule has 10 aromatic carbocycles. The summed E-state index contributed by atoms with van der Waals surface area (Å²) in [6.07, 6.45) is 1.84. The Labute approximate surface area is 397 Å². The van der Waals surface area contributed by atoms with Crippen LogP contribution in [0.4, 0.5) is 17.1 Å². The van der Waals surface area contributed by atoms with E-state index in [-0.39, 0.29) is 5.84 Å². The van der Waals surface area contributed by atoms with E-state index in [4.69, 9.17) is 15.4 Å². The molecule has 0 saturated carbocycles.